The first-order valence-electron chi connectivity index (χ1n) is 10.7. The van der Waals surface area contributed by atoms with Gasteiger partial charge in [0.25, 0.3) is 5.91 Å². The summed E-state index contributed by atoms with van der Waals surface area (Å²) in [5.41, 5.74) is 3.27. The van der Waals surface area contributed by atoms with Gasteiger partial charge in [0.2, 0.25) is 5.56 Å². The molecule has 1 fully saturated rings. The molecular formula is C24H24N6O2. The van der Waals surface area contributed by atoms with Crippen molar-refractivity contribution in [3.63, 3.8) is 0 Å². The first-order valence-corrected chi connectivity index (χ1v) is 10.7. The molecule has 32 heavy (non-hydrogen) atoms. The summed E-state index contributed by atoms with van der Waals surface area (Å²) in [5.74, 6) is 0.888. The zero-order valence-corrected chi connectivity index (χ0v) is 17.8. The number of pyridine rings is 2. The van der Waals surface area contributed by atoms with Crippen LogP contribution in [0.15, 0.2) is 65.6 Å². The monoisotopic (exact) mass is 428 g/mol. The normalized spacial score (nSPS) is 15.9. The zero-order valence-electron chi connectivity index (χ0n) is 17.8. The van der Waals surface area contributed by atoms with Gasteiger partial charge in [0.05, 0.1) is 10.9 Å². The van der Waals surface area contributed by atoms with Crippen molar-refractivity contribution in [2.24, 2.45) is 7.05 Å². The molecule has 1 aliphatic heterocycles. The Labute approximate surface area is 184 Å². The molecule has 1 saturated heterocycles. The van der Waals surface area contributed by atoms with Gasteiger partial charge in [-0.1, -0.05) is 30.3 Å². The van der Waals surface area contributed by atoms with E-state index in [-0.39, 0.29) is 17.4 Å². The summed E-state index contributed by atoms with van der Waals surface area (Å²) in [5, 5.41) is 11.7. The average molecular weight is 428 g/mol. The Balaban J connectivity index is 1.28. The molecular weight excluding hydrogens is 404 g/mol. The first-order chi connectivity index (χ1) is 15.6. The molecule has 1 atom stereocenters. The molecule has 1 unspecified atom stereocenters. The highest BCUT2D eigenvalue weighted by atomic mass is 16.2. The number of benzene rings is 1. The number of hydrogen-bond acceptors (Lipinski definition) is 5. The first kappa shape index (κ1) is 20.0. The molecule has 0 radical (unpaired) electrons. The summed E-state index contributed by atoms with van der Waals surface area (Å²) in [6.07, 6.45) is 2.44. The van der Waals surface area contributed by atoms with Crippen LogP contribution >= 0.6 is 0 Å². The largest absolute Gasteiger partial charge is 0.364 e. The molecule has 4 aromatic rings. The van der Waals surface area contributed by atoms with Crippen LogP contribution in [-0.4, -0.2) is 43.6 Å². The van der Waals surface area contributed by atoms with Gasteiger partial charge < -0.3 is 14.8 Å². The Morgan fingerprint density at radius 3 is 2.81 bits per heavy atom. The molecule has 8 heteroatoms. The number of nitrogens with one attached hydrogen (secondary N) is 2. The molecule has 0 bridgehead atoms. The van der Waals surface area contributed by atoms with Crippen LogP contribution < -0.4 is 10.9 Å². The number of anilines is 1. The van der Waals surface area contributed by atoms with Crippen LogP contribution in [0.25, 0.3) is 11.0 Å². The molecule has 0 aliphatic carbocycles. The number of nitrogens with zero attached hydrogens (tertiary/aromatic N) is 4. The number of aryl methyl sites for hydroxylation is 1. The van der Waals surface area contributed by atoms with E-state index >= 15 is 0 Å². The van der Waals surface area contributed by atoms with E-state index in [1.54, 1.807) is 19.3 Å². The molecule has 4 heterocycles. The number of carbonyl (C=O) groups is 1. The van der Waals surface area contributed by atoms with Crippen molar-refractivity contribution in [2.45, 2.75) is 18.9 Å². The van der Waals surface area contributed by atoms with Crippen LogP contribution in [0.1, 0.15) is 34.0 Å². The molecule has 5 rings (SSSR count). The standard InChI is InChI=1S/C24H24N6O2/c1-29-14-18(7-10-21(29)31)24(32)30-12-11-17(15-30)20-9-8-19-22(27-28-23(19)26-20)25-13-16-5-3-2-4-6-16/h2-10,14,17H,11-13,15H2,1H3,(H2,25,26,27,28). The molecule has 0 spiro atoms. The summed E-state index contributed by atoms with van der Waals surface area (Å²) >= 11 is 0. The minimum absolute atomic E-state index is 0.0573. The molecule has 8 nitrogen and oxygen atoms in total. The maximum absolute atomic E-state index is 12.9. The Kier molecular flexibility index (Phi) is 5.18. The second kappa shape index (κ2) is 8.30. The number of rotatable bonds is 5. The zero-order chi connectivity index (χ0) is 22.1. The Hall–Kier alpha value is -3.94. The number of aromatic nitrogens is 4. The van der Waals surface area contributed by atoms with Crippen molar-refractivity contribution in [2.75, 3.05) is 18.4 Å². The quantitative estimate of drug-likeness (QED) is 0.510. The van der Waals surface area contributed by atoms with Gasteiger partial charge in [-0.05, 0) is 30.2 Å². The Morgan fingerprint density at radius 2 is 2.00 bits per heavy atom. The van der Waals surface area contributed by atoms with Crippen molar-refractivity contribution < 1.29 is 4.79 Å². The highest BCUT2D eigenvalue weighted by Gasteiger charge is 2.29. The third-order valence-electron chi connectivity index (χ3n) is 5.97. The van der Waals surface area contributed by atoms with E-state index in [1.807, 2.05) is 35.2 Å². The summed E-state index contributed by atoms with van der Waals surface area (Å²) in [7, 11) is 1.65. The number of aromatic amines is 1. The lowest BCUT2D eigenvalue weighted by atomic mass is 10.0. The van der Waals surface area contributed by atoms with Gasteiger partial charge >= 0.3 is 0 Å². The van der Waals surface area contributed by atoms with E-state index in [4.69, 9.17) is 4.98 Å². The van der Waals surface area contributed by atoms with E-state index < -0.39 is 0 Å². The molecule has 1 amide bonds. The van der Waals surface area contributed by atoms with Gasteiger partial charge in [0, 0.05) is 50.6 Å². The van der Waals surface area contributed by atoms with E-state index in [0.29, 0.717) is 25.2 Å². The summed E-state index contributed by atoms with van der Waals surface area (Å²) in [4.78, 5) is 31.1. The second-order valence-corrected chi connectivity index (χ2v) is 8.15. The molecule has 0 saturated carbocycles. The van der Waals surface area contributed by atoms with Gasteiger partial charge in [0.1, 0.15) is 0 Å². The lowest BCUT2D eigenvalue weighted by Gasteiger charge is -2.17. The molecule has 162 valence electrons. The predicted octanol–water partition coefficient (Wildman–Crippen LogP) is 2.90. The highest BCUT2D eigenvalue weighted by molar-refractivity contribution is 5.94. The Morgan fingerprint density at radius 1 is 1.16 bits per heavy atom. The third kappa shape index (κ3) is 3.87. The van der Waals surface area contributed by atoms with Crippen molar-refractivity contribution in [3.05, 3.63) is 88.0 Å². The van der Waals surface area contributed by atoms with Crippen LogP contribution in [0.4, 0.5) is 5.82 Å². The highest BCUT2D eigenvalue weighted by Crippen LogP contribution is 2.29. The van der Waals surface area contributed by atoms with Crippen molar-refractivity contribution >= 4 is 22.8 Å². The third-order valence-corrected chi connectivity index (χ3v) is 5.97. The van der Waals surface area contributed by atoms with E-state index in [2.05, 4.69) is 27.6 Å². The predicted molar refractivity (Wildman–Crippen MR) is 123 cm³/mol. The van der Waals surface area contributed by atoms with Crippen molar-refractivity contribution in [3.8, 4) is 0 Å². The van der Waals surface area contributed by atoms with Crippen molar-refractivity contribution in [1.82, 2.24) is 24.6 Å². The number of amides is 1. The van der Waals surface area contributed by atoms with Gasteiger partial charge in [0.15, 0.2) is 11.5 Å². The van der Waals surface area contributed by atoms with Crippen LogP contribution in [0, 0.1) is 0 Å². The van der Waals surface area contributed by atoms with Crippen LogP contribution in [0.2, 0.25) is 0 Å². The van der Waals surface area contributed by atoms with Gasteiger partial charge in [-0.3, -0.25) is 14.7 Å². The fraction of sp³-hybridized carbons (Fsp3) is 0.250. The van der Waals surface area contributed by atoms with Crippen LogP contribution in [0.3, 0.4) is 0 Å². The fourth-order valence-electron chi connectivity index (χ4n) is 4.15. The number of carbonyl (C=O) groups excluding carboxylic acids is 1. The SMILES string of the molecule is Cn1cc(C(=O)N2CCC(c3ccc4c(NCc5ccccc5)n[nH]c4n3)C2)ccc1=O. The van der Waals surface area contributed by atoms with Gasteiger partial charge in [-0.25, -0.2) is 4.98 Å². The summed E-state index contributed by atoms with van der Waals surface area (Å²) in [6, 6.07) is 17.3. The van der Waals surface area contributed by atoms with Crippen LogP contribution in [-0.2, 0) is 13.6 Å². The topological polar surface area (TPSA) is 95.9 Å². The van der Waals surface area contributed by atoms with E-state index in [1.165, 1.54) is 16.2 Å². The average Bonchev–Trinajstić information content (AvgIpc) is 3.47. The molecule has 1 aromatic carbocycles. The smallest absolute Gasteiger partial charge is 0.255 e. The van der Waals surface area contributed by atoms with E-state index in [0.717, 1.165) is 29.0 Å². The van der Waals surface area contributed by atoms with Crippen molar-refractivity contribution in [1.29, 1.82) is 0 Å². The molecule has 3 aromatic heterocycles. The maximum Gasteiger partial charge on any atom is 0.255 e. The fourth-order valence-corrected chi connectivity index (χ4v) is 4.15. The number of hydrogen-bond donors (Lipinski definition) is 2. The lowest BCUT2D eigenvalue weighted by molar-refractivity contribution is 0.0789. The van der Waals surface area contributed by atoms with Gasteiger partial charge in [-0.15, -0.1) is 0 Å². The molecule has 1 aliphatic rings. The Bertz CT molecular complexity index is 1330. The minimum Gasteiger partial charge on any atom is -0.364 e. The number of fused-ring (bicyclic) bond motifs is 1. The minimum atomic E-state index is -0.129. The maximum atomic E-state index is 12.9. The second-order valence-electron chi connectivity index (χ2n) is 8.15. The molecule has 2 N–H and O–H groups in total. The van der Waals surface area contributed by atoms with Crippen LogP contribution in [0.5, 0.6) is 0 Å². The summed E-state index contributed by atoms with van der Waals surface area (Å²) in [6.45, 7) is 1.96. The lowest BCUT2D eigenvalue weighted by Crippen LogP contribution is -2.30. The number of H-pyrrole nitrogens is 1. The summed E-state index contributed by atoms with van der Waals surface area (Å²) < 4.78 is 1.43. The number of likely N-dealkylation sites (tertiary alicyclic amines) is 1. The van der Waals surface area contributed by atoms with Gasteiger partial charge in [-0.2, -0.15) is 5.10 Å². The van der Waals surface area contributed by atoms with E-state index in [9.17, 15) is 9.59 Å².